The van der Waals surface area contributed by atoms with Gasteiger partial charge in [-0.2, -0.15) is 0 Å². The number of rotatable bonds is 5. The first-order valence-electron chi connectivity index (χ1n) is 9.57. The largest absolute Gasteiger partial charge is 0.415 e. The minimum Gasteiger partial charge on any atom is -0.409 e. The molecule has 0 aromatic heterocycles. The number of nitro groups is 1. The molecular formula is C21H21N3O5S2. The summed E-state index contributed by atoms with van der Waals surface area (Å²) in [5.74, 6) is 0.709. The quantitative estimate of drug-likeness (QED) is 0.285. The zero-order valence-corrected chi connectivity index (χ0v) is 18.5. The average Bonchev–Trinajstić information content (AvgIpc) is 2.78. The Morgan fingerprint density at radius 1 is 1.06 bits per heavy atom. The Balaban J connectivity index is 1.47. The standard InChI is InChI=1S/C21H21N3O5S2/c1-15(25)18-4-2-3-5-19(18)29-20(26)22-10-12-23(13-11-22)21(30)31-14-16-6-8-17(9-7-16)24(27)28/h2-9H,10-14H2,1H3. The maximum atomic E-state index is 12.5. The first-order valence-corrected chi connectivity index (χ1v) is 11.0. The molecule has 2 aromatic carbocycles. The first kappa shape index (κ1) is 22.7. The van der Waals surface area contributed by atoms with Crippen LogP contribution in [0, 0.1) is 10.1 Å². The number of nitro benzene ring substituents is 1. The number of non-ortho nitro benzene ring substituents is 1. The Hall–Kier alpha value is -2.98. The summed E-state index contributed by atoms with van der Waals surface area (Å²) in [6.07, 6.45) is -0.488. The Kier molecular flexibility index (Phi) is 7.59. The van der Waals surface area contributed by atoms with Crippen molar-refractivity contribution in [3.63, 3.8) is 0 Å². The van der Waals surface area contributed by atoms with Crippen LogP contribution in [0.3, 0.4) is 0 Å². The summed E-state index contributed by atoms with van der Waals surface area (Å²) in [5, 5.41) is 10.7. The van der Waals surface area contributed by atoms with E-state index in [-0.39, 0.29) is 17.2 Å². The number of piperazine rings is 1. The van der Waals surface area contributed by atoms with Gasteiger partial charge >= 0.3 is 6.09 Å². The number of nitrogens with zero attached hydrogens (tertiary/aromatic N) is 3. The average molecular weight is 460 g/mol. The van der Waals surface area contributed by atoms with Gasteiger partial charge in [-0.05, 0) is 24.6 Å². The van der Waals surface area contributed by atoms with E-state index in [0.29, 0.717) is 41.8 Å². The monoisotopic (exact) mass is 459 g/mol. The van der Waals surface area contributed by atoms with E-state index in [9.17, 15) is 19.7 Å². The number of ketones is 1. The van der Waals surface area contributed by atoms with Crippen LogP contribution in [0.2, 0.25) is 0 Å². The molecule has 162 valence electrons. The van der Waals surface area contributed by atoms with Crippen molar-refractivity contribution in [1.82, 2.24) is 9.80 Å². The number of hydrogen-bond donors (Lipinski definition) is 0. The van der Waals surface area contributed by atoms with E-state index >= 15 is 0 Å². The van der Waals surface area contributed by atoms with E-state index in [2.05, 4.69) is 0 Å². The fraction of sp³-hybridized carbons (Fsp3) is 0.286. The van der Waals surface area contributed by atoms with Crippen molar-refractivity contribution >= 4 is 45.9 Å². The molecular weight excluding hydrogens is 438 g/mol. The normalized spacial score (nSPS) is 13.6. The van der Waals surface area contributed by atoms with Crippen LogP contribution in [0.1, 0.15) is 22.8 Å². The highest BCUT2D eigenvalue weighted by Gasteiger charge is 2.25. The third-order valence-corrected chi connectivity index (χ3v) is 6.36. The molecule has 2 aromatic rings. The molecule has 0 N–H and O–H groups in total. The number of thioether (sulfide) groups is 1. The van der Waals surface area contributed by atoms with Gasteiger partial charge in [-0.15, -0.1) is 0 Å². The molecule has 1 amide bonds. The summed E-state index contributed by atoms with van der Waals surface area (Å²) in [7, 11) is 0. The lowest BCUT2D eigenvalue weighted by Gasteiger charge is -2.35. The predicted molar refractivity (Wildman–Crippen MR) is 123 cm³/mol. The van der Waals surface area contributed by atoms with Crippen LogP contribution in [-0.2, 0) is 5.75 Å². The molecule has 0 spiro atoms. The molecule has 1 fully saturated rings. The van der Waals surface area contributed by atoms with Crippen LogP contribution in [0.15, 0.2) is 48.5 Å². The molecule has 1 aliphatic rings. The van der Waals surface area contributed by atoms with Crippen LogP contribution in [0.25, 0.3) is 0 Å². The summed E-state index contributed by atoms with van der Waals surface area (Å²) in [6, 6.07) is 13.1. The van der Waals surface area contributed by atoms with Gasteiger partial charge < -0.3 is 14.5 Å². The molecule has 0 unspecified atom stereocenters. The van der Waals surface area contributed by atoms with Crippen molar-refractivity contribution in [1.29, 1.82) is 0 Å². The number of thiocarbonyl (C=S) groups is 1. The zero-order chi connectivity index (χ0) is 22.4. The number of carbonyl (C=O) groups is 2. The molecule has 1 heterocycles. The van der Waals surface area contributed by atoms with E-state index in [1.54, 1.807) is 41.3 Å². The van der Waals surface area contributed by atoms with Gasteiger partial charge in [0.25, 0.3) is 5.69 Å². The number of ether oxygens (including phenoxy) is 1. The highest BCUT2D eigenvalue weighted by atomic mass is 32.2. The van der Waals surface area contributed by atoms with Crippen LogP contribution < -0.4 is 4.74 Å². The SMILES string of the molecule is CC(=O)c1ccccc1OC(=O)N1CCN(C(=S)SCc2ccc([N+](=O)[O-])cc2)CC1. The summed E-state index contributed by atoms with van der Waals surface area (Å²) >= 11 is 6.99. The van der Waals surface area contributed by atoms with E-state index in [1.807, 2.05) is 4.90 Å². The van der Waals surface area contributed by atoms with Crippen molar-refractivity contribution in [2.75, 3.05) is 26.2 Å². The first-order chi connectivity index (χ1) is 14.8. The third kappa shape index (κ3) is 6.02. The second-order valence-corrected chi connectivity index (χ2v) is 8.48. The number of Topliss-reactive ketones (excluding diaryl/α,β-unsaturated/α-hetero) is 1. The van der Waals surface area contributed by atoms with Gasteiger partial charge in [0.2, 0.25) is 0 Å². The summed E-state index contributed by atoms with van der Waals surface area (Å²) in [4.78, 5) is 38.1. The van der Waals surface area contributed by atoms with Crippen molar-refractivity contribution in [3.05, 3.63) is 69.8 Å². The second kappa shape index (κ2) is 10.4. The molecule has 31 heavy (non-hydrogen) atoms. The highest BCUT2D eigenvalue weighted by Crippen LogP contribution is 2.22. The minimum absolute atomic E-state index is 0.0604. The van der Waals surface area contributed by atoms with Gasteiger partial charge in [0.1, 0.15) is 10.1 Å². The van der Waals surface area contributed by atoms with Crippen LogP contribution in [-0.4, -0.2) is 57.1 Å². The van der Waals surface area contributed by atoms with Gasteiger partial charge in [-0.3, -0.25) is 14.9 Å². The Morgan fingerprint density at radius 3 is 2.29 bits per heavy atom. The highest BCUT2D eigenvalue weighted by molar-refractivity contribution is 8.22. The van der Waals surface area contributed by atoms with Crippen molar-refractivity contribution in [3.8, 4) is 5.75 Å². The number of benzene rings is 2. The predicted octanol–water partition coefficient (Wildman–Crippen LogP) is 4.13. The fourth-order valence-electron chi connectivity index (χ4n) is 3.03. The number of para-hydroxylation sites is 1. The molecule has 3 rings (SSSR count). The van der Waals surface area contributed by atoms with E-state index < -0.39 is 11.0 Å². The van der Waals surface area contributed by atoms with Crippen LogP contribution in [0.4, 0.5) is 10.5 Å². The van der Waals surface area contributed by atoms with Gasteiger partial charge in [0.15, 0.2) is 5.78 Å². The van der Waals surface area contributed by atoms with Gasteiger partial charge in [-0.25, -0.2) is 4.79 Å². The minimum atomic E-state index is -0.488. The lowest BCUT2D eigenvalue weighted by atomic mass is 10.1. The van der Waals surface area contributed by atoms with E-state index in [1.165, 1.54) is 30.8 Å². The molecule has 1 aliphatic heterocycles. The number of amides is 1. The van der Waals surface area contributed by atoms with Crippen molar-refractivity contribution in [2.45, 2.75) is 12.7 Å². The van der Waals surface area contributed by atoms with Gasteiger partial charge in [-0.1, -0.05) is 48.2 Å². The van der Waals surface area contributed by atoms with Crippen molar-refractivity contribution in [2.24, 2.45) is 0 Å². The molecule has 8 nitrogen and oxygen atoms in total. The molecule has 1 saturated heterocycles. The lowest BCUT2D eigenvalue weighted by Crippen LogP contribution is -2.50. The zero-order valence-electron chi connectivity index (χ0n) is 16.9. The second-order valence-electron chi connectivity index (χ2n) is 6.87. The summed E-state index contributed by atoms with van der Waals surface area (Å²) in [6.45, 7) is 3.50. The molecule has 0 aliphatic carbocycles. The maximum Gasteiger partial charge on any atom is 0.415 e. The lowest BCUT2D eigenvalue weighted by molar-refractivity contribution is -0.384. The molecule has 0 bridgehead atoms. The molecule has 10 heteroatoms. The smallest absolute Gasteiger partial charge is 0.409 e. The Morgan fingerprint density at radius 2 is 1.68 bits per heavy atom. The summed E-state index contributed by atoms with van der Waals surface area (Å²) in [5.41, 5.74) is 1.38. The van der Waals surface area contributed by atoms with Gasteiger partial charge in [0.05, 0.1) is 10.5 Å². The fourth-order valence-corrected chi connectivity index (χ4v) is 4.23. The topological polar surface area (TPSA) is 93.0 Å². The van der Waals surface area contributed by atoms with Crippen LogP contribution >= 0.6 is 24.0 Å². The van der Waals surface area contributed by atoms with E-state index in [0.717, 1.165) is 5.56 Å². The maximum absolute atomic E-state index is 12.5. The van der Waals surface area contributed by atoms with E-state index in [4.69, 9.17) is 17.0 Å². The summed E-state index contributed by atoms with van der Waals surface area (Å²) < 4.78 is 6.15. The number of hydrogen-bond acceptors (Lipinski definition) is 7. The number of carbonyl (C=O) groups excluding carboxylic acids is 2. The third-order valence-electron chi connectivity index (χ3n) is 4.77. The van der Waals surface area contributed by atoms with Gasteiger partial charge in [0, 0.05) is 44.1 Å². The molecule has 0 saturated carbocycles. The van der Waals surface area contributed by atoms with Crippen LogP contribution in [0.5, 0.6) is 5.75 Å². The Labute approximate surface area is 189 Å². The van der Waals surface area contributed by atoms with Crippen molar-refractivity contribution < 1.29 is 19.2 Å². The molecule has 0 atom stereocenters. The Bertz CT molecular complexity index is 989. The molecule has 0 radical (unpaired) electrons.